The Kier molecular flexibility index (Phi) is 4.66. The van der Waals surface area contributed by atoms with Gasteiger partial charge in [-0.15, -0.1) is 0 Å². The van der Waals surface area contributed by atoms with Crippen LogP contribution in [-0.4, -0.2) is 28.0 Å². The number of hydrogen-bond donors (Lipinski definition) is 2. The van der Waals surface area contributed by atoms with Crippen LogP contribution in [0.3, 0.4) is 0 Å². The molecule has 7 nitrogen and oxygen atoms in total. The van der Waals surface area contributed by atoms with Gasteiger partial charge in [-0.2, -0.15) is 18.2 Å². The summed E-state index contributed by atoms with van der Waals surface area (Å²) in [6.07, 6.45) is -2.64. The van der Waals surface area contributed by atoms with Gasteiger partial charge in [0.2, 0.25) is 5.82 Å². The van der Waals surface area contributed by atoms with Crippen LogP contribution in [0.1, 0.15) is 25.7 Å². The van der Waals surface area contributed by atoms with E-state index >= 15 is 0 Å². The quantitative estimate of drug-likeness (QED) is 0.809. The molecule has 0 saturated heterocycles. The standard InChI is InChI=1S/C16H15F3N4O3/c1-8(9-2-3-9)20-13(24)14(25)21-11-6-4-10(5-7-11)12-22-15(26-23-12)16(17,18)19/h4-9H,2-3H2,1H3,(H,20,24)(H,21,25). The molecule has 0 aliphatic heterocycles. The van der Waals surface area contributed by atoms with E-state index in [4.69, 9.17) is 0 Å². The van der Waals surface area contributed by atoms with Gasteiger partial charge in [0.1, 0.15) is 0 Å². The van der Waals surface area contributed by atoms with Crippen molar-refractivity contribution in [3.8, 4) is 11.4 Å². The Morgan fingerprint density at radius 3 is 2.38 bits per heavy atom. The van der Waals surface area contributed by atoms with Crippen LogP contribution < -0.4 is 10.6 Å². The van der Waals surface area contributed by atoms with Crippen molar-refractivity contribution in [1.29, 1.82) is 0 Å². The maximum Gasteiger partial charge on any atom is 0.471 e. The number of amides is 2. The number of hydrogen-bond acceptors (Lipinski definition) is 5. The van der Waals surface area contributed by atoms with Gasteiger partial charge >= 0.3 is 23.9 Å². The maximum atomic E-state index is 12.5. The first-order valence-electron chi connectivity index (χ1n) is 7.87. The SMILES string of the molecule is CC(NC(=O)C(=O)Nc1ccc(-c2noc(C(F)(F)F)n2)cc1)C1CC1. The predicted octanol–water partition coefficient (Wildman–Crippen LogP) is 2.61. The first-order chi connectivity index (χ1) is 12.2. The third kappa shape index (κ3) is 4.19. The molecule has 2 aromatic rings. The maximum absolute atomic E-state index is 12.5. The number of carbonyl (C=O) groups excluding carboxylic acids is 2. The van der Waals surface area contributed by atoms with Gasteiger partial charge in [0.25, 0.3) is 0 Å². The molecular formula is C16H15F3N4O3. The van der Waals surface area contributed by atoms with Crippen molar-refractivity contribution < 1.29 is 27.3 Å². The fraction of sp³-hybridized carbons (Fsp3) is 0.375. The summed E-state index contributed by atoms with van der Waals surface area (Å²) in [5.41, 5.74) is 0.585. The highest BCUT2D eigenvalue weighted by molar-refractivity contribution is 6.39. The van der Waals surface area contributed by atoms with Crippen LogP contribution in [0.2, 0.25) is 0 Å². The zero-order valence-electron chi connectivity index (χ0n) is 13.6. The van der Waals surface area contributed by atoms with Crippen molar-refractivity contribution in [2.24, 2.45) is 5.92 Å². The van der Waals surface area contributed by atoms with Gasteiger partial charge in [-0.1, -0.05) is 5.16 Å². The topological polar surface area (TPSA) is 97.1 Å². The molecule has 0 bridgehead atoms. The molecular weight excluding hydrogens is 353 g/mol. The number of benzene rings is 1. The van der Waals surface area contributed by atoms with E-state index < -0.39 is 23.9 Å². The summed E-state index contributed by atoms with van der Waals surface area (Å²) in [5.74, 6) is -2.80. The molecule has 1 aliphatic rings. The zero-order valence-corrected chi connectivity index (χ0v) is 13.6. The van der Waals surface area contributed by atoms with Crippen LogP contribution in [0.25, 0.3) is 11.4 Å². The van der Waals surface area contributed by atoms with E-state index in [9.17, 15) is 22.8 Å². The molecule has 0 radical (unpaired) electrons. The van der Waals surface area contributed by atoms with E-state index in [1.54, 1.807) is 0 Å². The Morgan fingerprint density at radius 2 is 1.85 bits per heavy atom. The second-order valence-corrected chi connectivity index (χ2v) is 6.05. The third-order valence-electron chi connectivity index (χ3n) is 3.96. The molecule has 1 atom stereocenters. The largest absolute Gasteiger partial charge is 0.471 e. The second kappa shape index (κ2) is 6.77. The molecule has 0 spiro atoms. The monoisotopic (exact) mass is 368 g/mol. The van der Waals surface area contributed by atoms with Crippen LogP contribution in [0, 0.1) is 5.92 Å². The highest BCUT2D eigenvalue weighted by atomic mass is 19.4. The van der Waals surface area contributed by atoms with E-state index in [0.717, 1.165) is 12.8 Å². The van der Waals surface area contributed by atoms with Crippen LogP contribution in [-0.2, 0) is 15.8 Å². The molecule has 10 heteroatoms. The lowest BCUT2D eigenvalue weighted by atomic mass is 10.2. The van der Waals surface area contributed by atoms with E-state index in [-0.39, 0.29) is 17.4 Å². The first kappa shape index (κ1) is 17.9. The van der Waals surface area contributed by atoms with Gasteiger partial charge in [-0.25, -0.2) is 0 Å². The normalized spacial score (nSPS) is 15.4. The van der Waals surface area contributed by atoms with Gasteiger partial charge in [0.05, 0.1) is 0 Å². The number of halogens is 3. The third-order valence-corrected chi connectivity index (χ3v) is 3.96. The number of anilines is 1. The lowest BCUT2D eigenvalue weighted by molar-refractivity contribution is -0.159. The van der Waals surface area contributed by atoms with E-state index in [0.29, 0.717) is 11.6 Å². The zero-order chi connectivity index (χ0) is 18.9. The Balaban J connectivity index is 1.61. The van der Waals surface area contributed by atoms with E-state index in [1.807, 2.05) is 6.92 Å². The smallest absolute Gasteiger partial charge is 0.345 e. The Bertz CT molecular complexity index is 813. The molecule has 138 valence electrons. The number of aromatic nitrogens is 2. The Morgan fingerprint density at radius 1 is 1.19 bits per heavy atom. The molecule has 3 rings (SSSR count). The summed E-state index contributed by atoms with van der Waals surface area (Å²) in [5, 5.41) is 8.31. The highest BCUT2D eigenvalue weighted by Crippen LogP contribution is 2.32. The fourth-order valence-corrected chi connectivity index (χ4v) is 2.33. The van der Waals surface area contributed by atoms with Crippen molar-refractivity contribution >= 4 is 17.5 Å². The number of nitrogens with one attached hydrogen (secondary N) is 2. The van der Waals surface area contributed by atoms with Crippen molar-refractivity contribution in [2.75, 3.05) is 5.32 Å². The minimum absolute atomic E-state index is 0.0586. The summed E-state index contributed by atoms with van der Waals surface area (Å²) >= 11 is 0. The summed E-state index contributed by atoms with van der Waals surface area (Å²) in [7, 11) is 0. The van der Waals surface area contributed by atoms with Gasteiger partial charge in [-0.05, 0) is 49.9 Å². The first-order valence-corrected chi connectivity index (χ1v) is 7.87. The van der Waals surface area contributed by atoms with E-state index in [1.165, 1.54) is 24.3 Å². The van der Waals surface area contributed by atoms with Crippen LogP contribution >= 0.6 is 0 Å². The van der Waals surface area contributed by atoms with Crippen molar-refractivity contribution in [2.45, 2.75) is 32.0 Å². The van der Waals surface area contributed by atoms with Gasteiger partial charge in [0, 0.05) is 17.3 Å². The van der Waals surface area contributed by atoms with Gasteiger partial charge in [0.15, 0.2) is 0 Å². The predicted molar refractivity (Wildman–Crippen MR) is 83.7 cm³/mol. The minimum Gasteiger partial charge on any atom is -0.345 e. The molecule has 1 heterocycles. The van der Waals surface area contributed by atoms with Crippen molar-refractivity contribution in [3.63, 3.8) is 0 Å². The Labute approximate surface area is 146 Å². The van der Waals surface area contributed by atoms with Gasteiger partial charge in [-0.3, -0.25) is 9.59 Å². The molecule has 2 N–H and O–H groups in total. The lowest BCUT2D eigenvalue weighted by Gasteiger charge is -2.12. The molecule has 1 fully saturated rings. The lowest BCUT2D eigenvalue weighted by Crippen LogP contribution is -2.41. The highest BCUT2D eigenvalue weighted by Gasteiger charge is 2.38. The average Bonchev–Trinajstić information content (AvgIpc) is 3.31. The summed E-state index contributed by atoms with van der Waals surface area (Å²) in [4.78, 5) is 27.0. The summed E-state index contributed by atoms with van der Waals surface area (Å²) in [6, 6.07) is 5.61. The fourth-order valence-electron chi connectivity index (χ4n) is 2.33. The van der Waals surface area contributed by atoms with Crippen molar-refractivity contribution in [1.82, 2.24) is 15.5 Å². The van der Waals surface area contributed by atoms with Crippen LogP contribution in [0.15, 0.2) is 28.8 Å². The molecule has 26 heavy (non-hydrogen) atoms. The second-order valence-electron chi connectivity index (χ2n) is 6.05. The van der Waals surface area contributed by atoms with Crippen LogP contribution in [0.5, 0.6) is 0 Å². The molecule has 1 aliphatic carbocycles. The summed E-state index contributed by atoms with van der Waals surface area (Å²) in [6.45, 7) is 1.84. The number of nitrogens with zero attached hydrogens (tertiary/aromatic N) is 2. The Hall–Kier alpha value is -2.91. The van der Waals surface area contributed by atoms with Crippen molar-refractivity contribution in [3.05, 3.63) is 30.2 Å². The van der Waals surface area contributed by atoms with Gasteiger partial charge < -0.3 is 15.2 Å². The minimum atomic E-state index is -4.72. The van der Waals surface area contributed by atoms with E-state index in [2.05, 4.69) is 25.3 Å². The molecule has 1 saturated carbocycles. The number of alkyl halides is 3. The number of carbonyl (C=O) groups is 2. The molecule has 1 unspecified atom stereocenters. The molecule has 1 aromatic heterocycles. The molecule has 1 aromatic carbocycles. The summed E-state index contributed by atoms with van der Waals surface area (Å²) < 4.78 is 41.6. The molecule has 2 amide bonds. The average molecular weight is 368 g/mol. The van der Waals surface area contributed by atoms with Crippen LogP contribution in [0.4, 0.5) is 18.9 Å². The number of rotatable bonds is 4.